The average molecular weight is 323 g/mol. The van der Waals surface area contributed by atoms with Gasteiger partial charge in [-0.3, -0.25) is 5.32 Å². The summed E-state index contributed by atoms with van der Waals surface area (Å²) in [6.45, 7) is 2.16. The Balaban J connectivity index is 1.95. The molecule has 1 heterocycles. The number of anilines is 1. The molecule has 1 aromatic heterocycles. The van der Waals surface area contributed by atoms with Gasteiger partial charge in [-0.1, -0.05) is 23.5 Å². The molecule has 2 rings (SSSR count). The molecule has 1 atom stereocenters. The van der Waals surface area contributed by atoms with E-state index in [1.165, 1.54) is 23.5 Å². The van der Waals surface area contributed by atoms with Crippen molar-refractivity contribution in [3.63, 3.8) is 0 Å². The van der Waals surface area contributed by atoms with E-state index in [0.717, 1.165) is 10.6 Å². The third-order valence-electron chi connectivity index (χ3n) is 3.06. The zero-order valence-corrected chi connectivity index (χ0v) is 13.4. The van der Waals surface area contributed by atoms with Gasteiger partial charge in [-0.15, -0.1) is 10.2 Å². The minimum Gasteiger partial charge on any atom is -0.336 e. The highest BCUT2D eigenvalue weighted by atomic mass is 32.1. The van der Waals surface area contributed by atoms with Crippen molar-refractivity contribution in [1.29, 1.82) is 0 Å². The molecule has 22 heavy (non-hydrogen) atoms. The number of benzene rings is 1. The highest BCUT2D eigenvalue weighted by molar-refractivity contribution is 7.15. The molecule has 0 aliphatic rings. The monoisotopic (exact) mass is 323 g/mol. The number of rotatable bonds is 5. The summed E-state index contributed by atoms with van der Waals surface area (Å²) in [6, 6.07) is 5.87. The molecule has 118 valence electrons. The molecule has 2 N–H and O–H groups in total. The van der Waals surface area contributed by atoms with E-state index in [9.17, 15) is 9.18 Å². The predicted octanol–water partition coefficient (Wildman–Crippen LogP) is 2.41. The Labute approximate surface area is 132 Å². The number of hydrogen-bond donors (Lipinski definition) is 2. The van der Waals surface area contributed by atoms with E-state index < -0.39 is 0 Å². The smallest absolute Gasteiger partial charge is 0.321 e. The van der Waals surface area contributed by atoms with E-state index in [0.29, 0.717) is 11.7 Å². The van der Waals surface area contributed by atoms with Gasteiger partial charge >= 0.3 is 6.03 Å². The van der Waals surface area contributed by atoms with Crippen LogP contribution in [0.2, 0.25) is 0 Å². The van der Waals surface area contributed by atoms with Crippen molar-refractivity contribution in [2.75, 3.05) is 26.0 Å². The first-order chi connectivity index (χ1) is 10.5. The standard InChI is InChI=1S/C14H18FN5OS/c1-9-18-19-14(22-9)17-13(21)16-8-12(20(2)3)10-5-4-6-11(15)7-10/h4-7,12H,8H2,1-3H3,(H2,16,17,19,21)/t12-/m0/s1. The number of nitrogens with zero attached hydrogens (tertiary/aromatic N) is 3. The Kier molecular flexibility index (Phi) is 5.40. The zero-order chi connectivity index (χ0) is 16.1. The van der Waals surface area contributed by atoms with Gasteiger partial charge in [0.15, 0.2) is 0 Å². The van der Waals surface area contributed by atoms with Crippen LogP contribution >= 0.6 is 11.3 Å². The van der Waals surface area contributed by atoms with Gasteiger partial charge in [0.2, 0.25) is 5.13 Å². The second kappa shape index (κ2) is 7.28. The quantitative estimate of drug-likeness (QED) is 0.886. The van der Waals surface area contributed by atoms with E-state index >= 15 is 0 Å². The van der Waals surface area contributed by atoms with Gasteiger partial charge in [-0.25, -0.2) is 9.18 Å². The minimum atomic E-state index is -0.362. The number of aryl methyl sites for hydroxylation is 1. The molecule has 0 fully saturated rings. The van der Waals surface area contributed by atoms with Gasteiger partial charge in [-0.2, -0.15) is 0 Å². The predicted molar refractivity (Wildman–Crippen MR) is 84.5 cm³/mol. The van der Waals surface area contributed by atoms with Crippen LogP contribution in [0.3, 0.4) is 0 Å². The maximum atomic E-state index is 13.3. The first-order valence-electron chi connectivity index (χ1n) is 6.72. The van der Waals surface area contributed by atoms with Gasteiger partial charge in [0.05, 0.1) is 6.04 Å². The van der Waals surface area contributed by atoms with Crippen LogP contribution in [0, 0.1) is 12.7 Å². The lowest BCUT2D eigenvalue weighted by molar-refractivity contribution is 0.243. The number of nitrogens with one attached hydrogen (secondary N) is 2. The lowest BCUT2D eigenvalue weighted by atomic mass is 10.1. The molecule has 0 radical (unpaired) electrons. The molecule has 2 aromatic rings. The highest BCUT2D eigenvalue weighted by Crippen LogP contribution is 2.18. The van der Waals surface area contributed by atoms with E-state index in [-0.39, 0.29) is 17.9 Å². The third kappa shape index (κ3) is 4.47. The normalized spacial score (nSPS) is 12.2. The number of hydrogen-bond acceptors (Lipinski definition) is 5. The zero-order valence-electron chi connectivity index (χ0n) is 12.6. The Morgan fingerprint density at radius 1 is 1.41 bits per heavy atom. The summed E-state index contributed by atoms with van der Waals surface area (Å²) in [7, 11) is 3.76. The number of urea groups is 1. The van der Waals surface area contributed by atoms with Gasteiger partial charge in [0.25, 0.3) is 0 Å². The number of likely N-dealkylation sites (N-methyl/N-ethyl adjacent to an activating group) is 1. The summed E-state index contributed by atoms with van der Waals surface area (Å²) in [5.41, 5.74) is 0.803. The van der Waals surface area contributed by atoms with Gasteiger partial charge in [-0.05, 0) is 38.7 Å². The Hall–Kier alpha value is -2.06. The summed E-state index contributed by atoms with van der Waals surface area (Å²) < 4.78 is 13.3. The van der Waals surface area contributed by atoms with E-state index in [2.05, 4.69) is 20.8 Å². The number of aromatic nitrogens is 2. The molecule has 0 saturated heterocycles. The summed E-state index contributed by atoms with van der Waals surface area (Å²) in [4.78, 5) is 13.8. The number of carbonyl (C=O) groups is 1. The molecule has 8 heteroatoms. The maximum Gasteiger partial charge on any atom is 0.321 e. The van der Waals surface area contributed by atoms with E-state index in [4.69, 9.17) is 0 Å². The van der Waals surface area contributed by atoms with Crippen molar-refractivity contribution in [2.24, 2.45) is 0 Å². The van der Waals surface area contributed by atoms with Crippen LogP contribution in [0.25, 0.3) is 0 Å². The Morgan fingerprint density at radius 3 is 2.77 bits per heavy atom. The van der Waals surface area contributed by atoms with Crippen LogP contribution in [0.1, 0.15) is 16.6 Å². The highest BCUT2D eigenvalue weighted by Gasteiger charge is 2.16. The molecule has 0 aliphatic heterocycles. The summed E-state index contributed by atoms with van der Waals surface area (Å²) >= 11 is 1.30. The second-order valence-electron chi connectivity index (χ2n) is 5.00. The fourth-order valence-corrected chi connectivity index (χ4v) is 2.58. The first-order valence-corrected chi connectivity index (χ1v) is 7.54. The number of halogens is 1. The molecule has 6 nitrogen and oxygen atoms in total. The average Bonchev–Trinajstić information content (AvgIpc) is 2.84. The van der Waals surface area contributed by atoms with Gasteiger partial charge < -0.3 is 10.2 Å². The second-order valence-corrected chi connectivity index (χ2v) is 6.18. The van der Waals surface area contributed by atoms with E-state index in [1.807, 2.05) is 32.0 Å². The maximum absolute atomic E-state index is 13.3. The van der Waals surface area contributed by atoms with Crippen LogP contribution in [0.15, 0.2) is 24.3 Å². The molecule has 0 unspecified atom stereocenters. The fourth-order valence-electron chi connectivity index (χ4n) is 1.99. The fraction of sp³-hybridized carbons (Fsp3) is 0.357. The van der Waals surface area contributed by atoms with Crippen molar-refractivity contribution in [2.45, 2.75) is 13.0 Å². The van der Waals surface area contributed by atoms with Crippen molar-refractivity contribution in [1.82, 2.24) is 20.4 Å². The van der Waals surface area contributed by atoms with Gasteiger partial charge in [0.1, 0.15) is 10.8 Å². The van der Waals surface area contributed by atoms with Crippen molar-refractivity contribution >= 4 is 22.5 Å². The number of carbonyl (C=O) groups excluding carboxylic acids is 1. The molecular weight excluding hydrogens is 305 g/mol. The first kappa shape index (κ1) is 16.3. The SMILES string of the molecule is Cc1nnc(NC(=O)NC[C@@H](c2cccc(F)c2)N(C)C)s1. The van der Waals surface area contributed by atoms with Gasteiger partial charge in [0, 0.05) is 6.54 Å². The molecule has 0 bridgehead atoms. The van der Waals surface area contributed by atoms with Crippen LogP contribution < -0.4 is 10.6 Å². The summed E-state index contributed by atoms with van der Waals surface area (Å²) in [5.74, 6) is -0.293. The van der Waals surface area contributed by atoms with Crippen LogP contribution in [-0.2, 0) is 0 Å². The van der Waals surface area contributed by atoms with Crippen LogP contribution in [-0.4, -0.2) is 41.8 Å². The largest absolute Gasteiger partial charge is 0.336 e. The van der Waals surface area contributed by atoms with Crippen molar-refractivity contribution < 1.29 is 9.18 Å². The third-order valence-corrected chi connectivity index (χ3v) is 3.81. The molecule has 0 spiro atoms. The molecule has 0 aliphatic carbocycles. The Morgan fingerprint density at radius 2 is 2.18 bits per heavy atom. The lowest BCUT2D eigenvalue weighted by Gasteiger charge is -2.25. The molecule has 1 aromatic carbocycles. The topological polar surface area (TPSA) is 70.1 Å². The van der Waals surface area contributed by atoms with Crippen LogP contribution in [0.4, 0.5) is 14.3 Å². The molecular formula is C14H18FN5OS. The molecule has 0 saturated carbocycles. The number of amides is 2. The van der Waals surface area contributed by atoms with Crippen LogP contribution in [0.5, 0.6) is 0 Å². The lowest BCUT2D eigenvalue weighted by Crippen LogP contribution is -2.36. The summed E-state index contributed by atoms with van der Waals surface area (Å²) in [5, 5.41) is 14.3. The Bertz CT molecular complexity index is 646. The van der Waals surface area contributed by atoms with Crippen molar-refractivity contribution in [3.8, 4) is 0 Å². The molecule has 2 amide bonds. The van der Waals surface area contributed by atoms with E-state index in [1.54, 1.807) is 6.07 Å². The summed E-state index contributed by atoms with van der Waals surface area (Å²) in [6.07, 6.45) is 0. The minimum absolute atomic E-state index is 0.127. The van der Waals surface area contributed by atoms with Crippen molar-refractivity contribution in [3.05, 3.63) is 40.7 Å².